The number of amides is 1. The molecule has 1 aliphatic heterocycles. The molecule has 102 valence electrons. The fraction of sp³-hybridized carbons (Fsp3) is 0.357. The average Bonchev–Trinajstić information content (AvgIpc) is 2.45. The van der Waals surface area contributed by atoms with Gasteiger partial charge in [0.2, 0.25) is 5.91 Å². The highest BCUT2D eigenvalue weighted by Crippen LogP contribution is 2.23. The van der Waals surface area contributed by atoms with Gasteiger partial charge in [0.1, 0.15) is 0 Å². The smallest absolute Gasteiger partial charge is 0.244 e. The van der Waals surface area contributed by atoms with Crippen LogP contribution in [0.25, 0.3) is 6.08 Å². The Bertz CT molecular complexity index is 439. The number of nitrogen functional groups attached to an aromatic ring is 1. The molecule has 0 radical (unpaired) electrons. The summed E-state index contributed by atoms with van der Waals surface area (Å²) in [5.41, 5.74) is 7.31. The first-order valence-electron chi connectivity index (χ1n) is 6.25. The minimum atomic E-state index is -0.0343. The standard InChI is InChI=1S/C14H18N2OS2/c15-12-4-1-11(2-5-12)3-6-14(17)16-9-13-10-18-7-8-19-13/h1-6,13H,7-10,15H2,(H,16,17)/b6-3+. The highest BCUT2D eigenvalue weighted by atomic mass is 32.2. The Morgan fingerprint density at radius 2 is 2.16 bits per heavy atom. The van der Waals surface area contributed by atoms with E-state index in [1.165, 1.54) is 11.5 Å². The van der Waals surface area contributed by atoms with E-state index in [1.807, 2.05) is 47.8 Å². The van der Waals surface area contributed by atoms with Gasteiger partial charge in [0.25, 0.3) is 0 Å². The van der Waals surface area contributed by atoms with E-state index in [1.54, 1.807) is 12.2 Å². The Kier molecular flexibility index (Phi) is 5.66. The van der Waals surface area contributed by atoms with Gasteiger partial charge in [0, 0.05) is 40.8 Å². The highest BCUT2D eigenvalue weighted by molar-refractivity contribution is 8.06. The van der Waals surface area contributed by atoms with Crippen molar-refractivity contribution in [2.75, 3.05) is 29.5 Å². The van der Waals surface area contributed by atoms with Crippen molar-refractivity contribution in [2.45, 2.75) is 5.25 Å². The van der Waals surface area contributed by atoms with E-state index in [4.69, 9.17) is 5.73 Å². The van der Waals surface area contributed by atoms with E-state index in [-0.39, 0.29) is 5.91 Å². The van der Waals surface area contributed by atoms with Gasteiger partial charge >= 0.3 is 0 Å². The van der Waals surface area contributed by atoms with Gasteiger partial charge in [-0.25, -0.2) is 0 Å². The lowest BCUT2D eigenvalue weighted by atomic mass is 10.2. The van der Waals surface area contributed by atoms with E-state index in [9.17, 15) is 4.79 Å². The zero-order chi connectivity index (χ0) is 13.5. The normalized spacial score (nSPS) is 19.5. The minimum absolute atomic E-state index is 0.0343. The molecule has 1 atom stereocenters. The summed E-state index contributed by atoms with van der Waals surface area (Å²) < 4.78 is 0. The first kappa shape index (κ1) is 14.3. The van der Waals surface area contributed by atoms with Gasteiger partial charge in [-0.05, 0) is 23.8 Å². The molecule has 1 unspecified atom stereocenters. The van der Waals surface area contributed by atoms with Gasteiger partial charge in [0.05, 0.1) is 0 Å². The summed E-state index contributed by atoms with van der Waals surface area (Å²) in [5.74, 6) is 3.51. The summed E-state index contributed by atoms with van der Waals surface area (Å²) in [6.45, 7) is 0.753. The van der Waals surface area contributed by atoms with Crippen LogP contribution in [0.5, 0.6) is 0 Å². The van der Waals surface area contributed by atoms with Gasteiger partial charge in [-0.2, -0.15) is 23.5 Å². The number of thioether (sulfide) groups is 2. The van der Waals surface area contributed by atoms with Gasteiger partial charge in [-0.3, -0.25) is 4.79 Å². The number of anilines is 1. The van der Waals surface area contributed by atoms with Crippen LogP contribution in [0.2, 0.25) is 0 Å². The molecule has 1 aliphatic rings. The molecule has 0 aromatic heterocycles. The van der Waals surface area contributed by atoms with Crippen molar-refractivity contribution in [1.29, 1.82) is 0 Å². The molecule has 3 nitrogen and oxygen atoms in total. The molecule has 1 amide bonds. The third kappa shape index (κ3) is 5.20. The Morgan fingerprint density at radius 3 is 2.84 bits per heavy atom. The maximum absolute atomic E-state index is 11.7. The lowest BCUT2D eigenvalue weighted by Gasteiger charge is -2.20. The molecule has 19 heavy (non-hydrogen) atoms. The summed E-state index contributed by atoms with van der Waals surface area (Å²) in [6.07, 6.45) is 3.38. The van der Waals surface area contributed by atoms with Gasteiger partial charge in [-0.15, -0.1) is 0 Å². The maximum atomic E-state index is 11.7. The number of carbonyl (C=O) groups is 1. The Balaban J connectivity index is 1.75. The largest absolute Gasteiger partial charge is 0.399 e. The van der Waals surface area contributed by atoms with E-state index in [2.05, 4.69) is 5.32 Å². The predicted molar refractivity (Wildman–Crippen MR) is 86.5 cm³/mol. The lowest BCUT2D eigenvalue weighted by molar-refractivity contribution is -0.116. The third-order valence-corrected chi connectivity index (χ3v) is 5.60. The Hall–Kier alpha value is -1.07. The van der Waals surface area contributed by atoms with E-state index in [0.717, 1.165) is 23.5 Å². The van der Waals surface area contributed by atoms with Crippen molar-refractivity contribution in [3.63, 3.8) is 0 Å². The van der Waals surface area contributed by atoms with Crippen LogP contribution in [-0.2, 0) is 4.79 Å². The fourth-order valence-electron chi connectivity index (χ4n) is 1.71. The number of rotatable bonds is 4. The molecule has 0 saturated carbocycles. The number of benzene rings is 1. The quantitative estimate of drug-likeness (QED) is 0.660. The zero-order valence-corrected chi connectivity index (χ0v) is 12.3. The fourth-order valence-corrected chi connectivity index (χ4v) is 4.32. The van der Waals surface area contributed by atoms with Crippen molar-refractivity contribution in [2.24, 2.45) is 0 Å². The molecule has 3 N–H and O–H groups in total. The van der Waals surface area contributed by atoms with Gasteiger partial charge in [-0.1, -0.05) is 12.1 Å². The second-order valence-electron chi connectivity index (χ2n) is 4.31. The number of hydrogen-bond acceptors (Lipinski definition) is 4. The second kappa shape index (κ2) is 7.50. The monoisotopic (exact) mass is 294 g/mol. The molecule has 1 saturated heterocycles. The number of nitrogens with one attached hydrogen (secondary N) is 1. The molecule has 0 spiro atoms. The van der Waals surface area contributed by atoms with Crippen LogP contribution in [0.3, 0.4) is 0 Å². The Labute approximate surface area is 122 Å². The zero-order valence-electron chi connectivity index (χ0n) is 10.7. The number of hydrogen-bond donors (Lipinski definition) is 2. The van der Waals surface area contributed by atoms with Crippen molar-refractivity contribution in [3.05, 3.63) is 35.9 Å². The lowest BCUT2D eigenvalue weighted by Crippen LogP contribution is -2.32. The summed E-state index contributed by atoms with van der Waals surface area (Å²) >= 11 is 3.91. The van der Waals surface area contributed by atoms with Crippen LogP contribution < -0.4 is 11.1 Å². The maximum Gasteiger partial charge on any atom is 0.244 e. The second-order valence-corrected chi connectivity index (χ2v) is 6.87. The van der Waals surface area contributed by atoms with Crippen LogP contribution in [-0.4, -0.2) is 35.0 Å². The molecule has 1 aromatic carbocycles. The van der Waals surface area contributed by atoms with Crippen LogP contribution >= 0.6 is 23.5 Å². The topological polar surface area (TPSA) is 55.1 Å². The van der Waals surface area contributed by atoms with Gasteiger partial charge in [0.15, 0.2) is 0 Å². The van der Waals surface area contributed by atoms with Crippen molar-refractivity contribution >= 4 is 41.2 Å². The summed E-state index contributed by atoms with van der Waals surface area (Å²) in [6, 6.07) is 7.44. The third-order valence-electron chi connectivity index (χ3n) is 2.75. The molecule has 0 aliphatic carbocycles. The average molecular weight is 294 g/mol. The minimum Gasteiger partial charge on any atom is -0.399 e. The first-order valence-corrected chi connectivity index (χ1v) is 8.45. The predicted octanol–water partition coefficient (Wildman–Crippen LogP) is 2.25. The van der Waals surface area contributed by atoms with Crippen LogP contribution in [0.4, 0.5) is 5.69 Å². The molecule has 1 fully saturated rings. The van der Waals surface area contributed by atoms with Crippen molar-refractivity contribution in [1.82, 2.24) is 5.32 Å². The van der Waals surface area contributed by atoms with Crippen molar-refractivity contribution < 1.29 is 4.79 Å². The molecular formula is C14H18N2OS2. The Morgan fingerprint density at radius 1 is 1.37 bits per heavy atom. The molecular weight excluding hydrogens is 276 g/mol. The van der Waals surface area contributed by atoms with Crippen LogP contribution in [0, 0.1) is 0 Å². The molecule has 0 bridgehead atoms. The van der Waals surface area contributed by atoms with Crippen LogP contribution in [0.1, 0.15) is 5.56 Å². The number of nitrogens with two attached hydrogens (primary N) is 1. The van der Waals surface area contributed by atoms with Crippen LogP contribution in [0.15, 0.2) is 30.3 Å². The summed E-state index contributed by atoms with van der Waals surface area (Å²) in [5, 5.41) is 3.50. The van der Waals surface area contributed by atoms with E-state index in [0.29, 0.717) is 5.25 Å². The molecule has 1 heterocycles. The summed E-state index contributed by atoms with van der Waals surface area (Å²) in [7, 11) is 0. The molecule has 1 aromatic rings. The van der Waals surface area contributed by atoms with Crippen molar-refractivity contribution in [3.8, 4) is 0 Å². The van der Waals surface area contributed by atoms with E-state index < -0.39 is 0 Å². The molecule has 2 rings (SSSR count). The molecule has 5 heteroatoms. The highest BCUT2D eigenvalue weighted by Gasteiger charge is 2.14. The van der Waals surface area contributed by atoms with Gasteiger partial charge < -0.3 is 11.1 Å². The van der Waals surface area contributed by atoms with E-state index >= 15 is 0 Å². The SMILES string of the molecule is Nc1ccc(/C=C/C(=O)NCC2CSCCS2)cc1. The summed E-state index contributed by atoms with van der Waals surface area (Å²) in [4.78, 5) is 11.7. The number of carbonyl (C=O) groups excluding carboxylic acids is 1. The first-order chi connectivity index (χ1) is 9.24.